The van der Waals surface area contributed by atoms with Crippen molar-refractivity contribution in [1.82, 2.24) is 50.4 Å². The molecule has 2 atom stereocenters. The Kier molecular flexibility index (Phi) is 22.2. The highest BCUT2D eigenvalue weighted by Gasteiger charge is 2.21. The lowest BCUT2D eigenvalue weighted by atomic mass is 9.91. The van der Waals surface area contributed by atoms with E-state index < -0.39 is 11.9 Å². The van der Waals surface area contributed by atoms with Gasteiger partial charge in [-0.3, -0.25) is 38.7 Å². The van der Waals surface area contributed by atoms with Gasteiger partial charge in [-0.05, 0) is 121 Å². The van der Waals surface area contributed by atoms with Gasteiger partial charge in [-0.1, -0.05) is 56.7 Å². The van der Waals surface area contributed by atoms with Gasteiger partial charge in [0, 0.05) is 102 Å². The van der Waals surface area contributed by atoms with Crippen LogP contribution in [0.1, 0.15) is 78.1 Å². The number of carbonyl (C=O) groups excluding carboxylic acids is 3. The first-order chi connectivity index (χ1) is 34.5. The topological polar surface area (TPSA) is 187 Å². The number of carbonyl (C=O) groups is 3. The summed E-state index contributed by atoms with van der Waals surface area (Å²) in [5.74, 6) is -1.26. The normalized spacial score (nSPS) is 14.4. The summed E-state index contributed by atoms with van der Waals surface area (Å²) in [7, 11) is 4.11. The van der Waals surface area contributed by atoms with E-state index in [9.17, 15) is 28.0 Å². The summed E-state index contributed by atoms with van der Waals surface area (Å²) in [5, 5.41) is 9.46. The summed E-state index contributed by atoms with van der Waals surface area (Å²) in [4.78, 5) is 70.6. The van der Waals surface area contributed by atoms with Crippen molar-refractivity contribution >= 4 is 33.4 Å². The lowest BCUT2D eigenvalue weighted by Crippen LogP contribution is -2.47. The quantitative estimate of drug-likeness (QED) is 0.0779. The number of likely N-dealkylation sites (N-methyl/N-ethyl adjacent to an activating group) is 2. The maximum absolute atomic E-state index is 13.2. The fourth-order valence-corrected chi connectivity index (χ4v) is 7.62. The molecule has 7 aromatic rings. The number of rotatable bonds is 12. The van der Waals surface area contributed by atoms with Gasteiger partial charge >= 0.3 is 0 Å². The molecule has 0 unspecified atom stereocenters. The number of pyridine rings is 7. The second-order valence-corrected chi connectivity index (χ2v) is 17.1. The number of aromatic nitrogens is 7. The van der Waals surface area contributed by atoms with Gasteiger partial charge < -0.3 is 16.0 Å². The lowest BCUT2D eigenvalue weighted by Gasteiger charge is -2.30. The van der Waals surface area contributed by atoms with E-state index in [1.165, 1.54) is 67.0 Å². The van der Waals surface area contributed by atoms with Crippen LogP contribution in [-0.4, -0.2) is 78.1 Å². The summed E-state index contributed by atoms with van der Waals surface area (Å²) in [5.41, 5.74) is 5.43. The molecule has 1 saturated carbocycles. The molecule has 2 aliphatic carbocycles. The average molecular weight is 1040 g/mol. The van der Waals surface area contributed by atoms with Crippen LogP contribution in [0, 0.1) is 11.9 Å². The predicted molar refractivity (Wildman–Crippen MR) is 279 cm³/mol. The smallest absolute Gasteiger partial charge is 0.270 e. The SMILES string of the molecule is C.CN[C@H]1CCCC[C@H]1NC.O=C(CCc1ccc(-c2ccnc(F)c2)nc1)c1ccc(-n2ccccc2=O)cn1.O=C(NCc1ccc(-c2ccnc(F)c2)nc1)c1ccc(Br)cn1.O=C1C=CC=CC1. The van der Waals surface area contributed by atoms with E-state index in [1.807, 2.05) is 24.3 Å². The van der Waals surface area contributed by atoms with Gasteiger partial charge in [0.2, 0.25) is 11.9 Å². The van der Waals surface area contributed by atoms with E-state index in [0.717, 1.165) is 15.6 Å². The molecule has 0 spiro atoms. The Bertz CT molecular complexity index is 2940. The molecule has 3 N–H and O–H groups in total. The van der Waals surface area contributed by atoms with Crippen LogP contribution in [0.3, 0.4) is 0 Å². The van der Waals surface area contributed by atoms with Crippen molar-refractivity contribution in [2.45, 2.75) is 71.0 Å². The molecule has 1 fully saturated rings. The predicted octanol–water partition coefficient (Wildman–Crippen LogP) is 9.46. The summed E-state index contributed by atoms with van der Waals surface area (Å²) in [6.07, 6.45) is 24.7. The number of aryl methyl sites for hydroxylation is 1. The number of nitrogens with one attached hydrogen (secondary N) is 3. The molecule has 372 valence electrons. The average Bonchev–Trinajstić information content (AvgIpc) is 3.41. The second kappa shape index (κ2) is 28.9. The number of Topliss-reactive ketones (excluding diaryl/α,β-unsaturated/α-hetero) is 1. The van der Waals surface area contributed by atoms with Crippen molar-refractivity contribution in [1.29, 1.82) is 0 Å². The van der Waals surface area contributed by atoms with Crippen molar-refractivity contribution in [3.05, 3.63) is 208 Å². The summed E-state index contributed by atoms with van der Waals surface area (Å²) in [6, 6.07) is 26.3. The Morgan fingerprint density at radius 3 is 1.81 bits per heavy atom. The molecule has 17 heteroatoms. The molecular weight excluding hydrogens is 983 g/mol. The van der Waals surface area contributed by atoms with Gasteiger partial charge in [-0.25, -0.2) is 15.0 Å². The van der Waals surface area contributed by atoms with Gasteiger partial charge in [0.1, 0.15) is 11.4 Å². The van der Waals surface area contributed by atoms with Crippen molar-refractivity contribution in [2.24, 2.45) is 0 Å². The molecule has 2 aliphatic rings. The van der Waals surface area contributed by atoms with E-state index in [0.29, 0.717) is 71.1 Å². The van der Waals surface area contributed by atoms with Crippen molar-refractivity contribution in [3.8, 4) is 28.2 Å². The first-order valence-electron chi connectivity index (χ1n) is 22.9. The molecule has 7 aromatic heterocycles. The van der Waals surface area contributed by atoms with Crippen LogP contribution in [0.25, 0.3) is 28.2 Å². The summed E-state index contributed by atoms with van der Waals surface area (Å²) in [6.45, 7) is 0.328. The minimum absolute atomic E-state index is 0. The summed E-state index contributed by atoms with van der Waals surface area (Å²) < 4.78 is 28.7. The highest BCUT2D eigenvalue weighted by molar-refractivity contribution is 9.10. The molecule has 72 heavy (non-hydrogen) atoms. The van der Waals surface area contributed by atoms with Gasteiger partial charge in [-0.2, -0.15) is 8.78 Å². The standard InChI is InChI=1S/C23H17FN4O2.C17H12BrFN4O.C8H18N2.C6H6O.CH4/c24-22-13-17(10-11-25-22)19-7-4-16(14-26-19)5-9-21(29)20-8-6-18(15-27-20)28-12-2-1-3-23(28)30;18-13-2-4-15(22-10-13)17(24)23-9-11-1-3-14(21-8-11)12-5-6-20-16(19)7-12;1-9-7-5-3-4-6-8(7)10-2;7-6-4-2-1-3-5-6;/h1-4,6-8,10-15H,5,9H2;1-8,10H,9H2,(H,23,24);7-10H,3-6H2,1-2H3;1-4H,5H2;1H4/t;;7-,8+;;. The van der Waals surface area contributed by atoms with E-state index in [-0.39, 0.29) is 36.9 Å². The first-order valence-corrected chi connectivity index (χ1v) is 23.7. The van der Waals surface area contributed by atoms with Crippen molar-refractivity contribution in [2.75, 3.05) is 14.1 Å². The molecule has 0 aliphatic heterocycles. The Balaban J connectivity index is 0.000000202. The maximum atomic E-state index is 13.2. The fourth-order valence-electron chi connectivity index (χ4n) is 7.39. The molecule has 0 saturated heterocycles. The van der Waals surface area contributed by atoms with Gasteiger partial charge in [-0.15, -0.1) is 0 Å². The minimum atomic E-state index is -0.556. The van der Waals surface area contributed by atoms with Crippen LogP contribution in [0.5, 0.6) is 0 Å². The zero-order valence-corrected chi connectivity index (χ0v) is 40.8. The zero-order chi connectivity index (χ0) is 50.4. The van der Waals surface area contributed by atoms with E-state index in [4.69, 9.17) is 0 Å². The van der Waals surface area contributed by atoms with Crippen LogP contribution >= 0.6 is 15.9 Å². The number of halogens is 3. The molecule has 1 amide bonds. The lowest BCUT2D eigenvalue weighted by molar-refractivity contribution is -0.113. The number of allylic oxidation sites excluding steroid dienone is 4. The Hall–Kier alpha value is -7.60. The molecule has 14 nitrogen and oxygen atoms in total. The van der Waals surface area contributed by atoms with E-state index in [2.05, 4.69) is 75.9 Å². The number of ketones is 2. The number of hydrogen-bond donors (Lipinski definition) is 3. The molecule has 9 rings (SSSR count). The Labute approximate surface area is 426 Å². The maximum Gasteiger partial charge on any atom is 0.270 e. The zero-order valence-electron chi connectivity index (χ0n) is 39.2. The Morgan fingerprint density at radius 2 is 1.32 bits per heavy atom. The van der Waals surface area contributed by atoms with Gasteiger partial charge in [0.25, 0.3) is 11.5 Å². The van der Waals surface area contributed by atoms with Crippen molar-refractivity contribution in [3.63, 3.8) is 0 Å². The fraction of sp³-hybridized carbons (Fsp3) is 0.236. The third-order valence-corrected chi connectivity index (χ3v) is 11.7. The van der Waals surface area contributed by atoms with Crippen LogP contribution < -0.4 is 21.5 Å². The van der Waals surface area contributed by atoms with E-state index >= 15 is 0 Å². The highest BCUT2D eigenvalue weighted by Crippen LogP contribution is 2.20. The van der Waals surface area contributed by atoms with E-state index in [1.54, 1.807) is 97.6 Å². The van der Waals surface area contributed by atoms with Crippen LogP contribution in [0.15, 0.2) is 168 Å². The van der Waals surface area contributed by atoms with Crippen LogP contribution in [0.4, 0.5) is 8.78 Å². The highest BCUT2D eigenvalue weighted by atomic mass is 79.9. The van der Waals surface area contributed by atoms with Gasteiger partial charge in [0.15, 0.2) is 11.6 Å². The van der Waals surface area contributed by atoms with Crippen LogP contribution in [-0.2, 0) is 17.8 Å². The largest absolute Gasteiger partial charge is 0.347 e. The number of amides is 1. The summed E-state index contributed by atoms with van der Waals surface area (Å²) >= 11 is 3.27. The van der Waals surface area contributed by atoms with Crippen LogP contribution in [0.2, 0.25) is 0 Å². The third-order valence-electron chi connectivity index (χ3n) is 11.2. The Morgan fingerprint density at radius 1 is 0.694 bits per heavy atom. The third kappa shape index (κ3) is 17.4. The van der Waals surface area contributed by atoms with Crippen molar-refractivity contribution < 1.29 is 23.2 Å². The number of hydrogen-bond acceptors (Lipinski definition) is 12. The second-order valence-electron chi connectivity index (χ2n) is 16.1. The molecular formula is C55H57BrF2N10O4. The number of nitrogens with zero attached hydrogens (tertiary/aromatic N) is 7. The minimum Gasteiger partial charge on any atom is -0.347 e. The monoisotopic (exact) mass is 1040 g/mol. The molecule has 0 radical (unpaired) electrons. The molecule has 7 heterocycles. The first kappa shape index (κ1) is 55.3. The van der Waals surface area contributed by atoms with Gasteiger partial charge in [0.05, 0.1) is 23.3 Å². The molecule has 0 aromatic carbocycles. The molecule has 0 bridgehead atoms.